The Labute approximate surface area is 104 Å². The van der Waals surface area contributed by atoms with Crippen LogP contribution < -0.4 is 5.32 Å². The minimum atomic E-state index is -1.11. The van der Waals surface area contributed by atoms with Crippen molar-refractivity contribution in [1.82, 2.24) is 15.0 Å². The molecule has 1 atom stereocenters. The summed E-state index contributed by atoms with van der Waals surface area (Å²) in [6.45, 7) is 1.90. The van der Waals surface area contributed by atoms with Crippen molar-refractivity contribution < 1.29 is 9.90 Å². The van der Waals surface area contributed by atoms with Crippen LogP contribution in [0.3, 0.4) is 0 Å². The van der Waals surface area contributed by atoms with Gasteiger partial charge in [-0.2, -0.15) is 0 Å². The summed E-state index contributed by atoms with van der Waals surface area (Å²) in [5, 5.41) is 12.0. The molecular formula is C12H12N4O2. The number of aromatic carboxylic acids is 1. The van der Waals surface area contributed by atoms with Crippen LogP contribution in [0.2, 0.25) is 0 Å². The fourth-order valence-corrected chi connectivity index (χ4v) is 1.52. The molecule has 0 aliphatic carbocycles. The maximum atomic E-state index is 11.0. The molecule has 2 heterocycles. The van der Waals surface area contributed by atoms with Crippen molar-refractivity contribution in [2.24, 2.45) is 0 Å². The van der Waals surface area contributed by atoms with E-state index in [2.05, 4.69) is 20.3 Å². The number of aromatic nitrogens is 3. The lowest BCUT2D eigenvalue weighted by molar-refractivity contribution is 0.0691. The lowest BCUT2D eigenvalue weighted by Crippen LogP contribution is -2.13. The number of hydrogen-bond acceptors (Lipinski definition) is 5. The van der Waals surface area contributed by atoms with Gasteiger partial charge in [-0.25, -0.2) is 14.8 Å². The van der Waals surface area contributed by atoms with E-state index < -0.39 is 5.97 Å². The summed E-state index contributed by atoms with van der Waals surface area (Å²) >= 11 is 0. The molecule has 0 aliphatic heterocycles. The first-order chi connectivity index (χ1) is 8.68. The Morgan fingerprint density at radius 3 is 2.78 bits per heavy atom. The first kappa shape index (κ1) is 12.0. The molecule has 0 aliphatic rings. The van der Waals surface area contributed by atoms with Crippen LogP contribution in [0.5, 0.6) is 0 Å². The molecule has 0 bridgehead atoms. The number of rotatable bonds is 4. The molecule has 92 valence electrons. The molecule has 2 rings (SSSR count). The SMILES string of the molecule is CC(Nc1nccnc1C(=O)O)c1cccnc1. The summed E-state index contributed by atoms with van der Waals surface area (Å²) in [6, 6.07) is 3.62. The van der Waals surface area contributed by atoms with Crippen molar-refractivity contribution in [1.29, 1.82) is 0 Å². The van der Waals surface area contributed by atoms with E-state index in [0.29, 0.717) is 0 Å². The van der Waals surface area contributed by atoms with Crippen LogP contribution in [0.25, 0.3) is 0 Å². The maximum absolute atomic E-state index is 11.0. The normalized spacial score (nSPS) is 11.8. The standard InChI is InChI=1S/C12H12N4O2/c1-8(9-3-2-4-13-7-9)16-11-10(12(17)18)14-5-6-15-11/h2-8H,1H3,(H,15,16)(H,17,18). The monoisotopic (exact) mass is 244 g/mol. The average Bonchev–Trinajstić information content (AvgIpc) is 2.40. The van der Waals surface area contributed by atoms with Gasteiger partial charge in [0.15, 0.2) is 11.5 Å². The smallest absolute Gasteiger partial charge is 0.358 e. The van der Waals surface area contributed by atoms with Crippen LogP contribution in [0.15, 0.2) is 36.9 Å². The van der Waals surface area contributed by atoms with Gasteiger partial charge in [0.05, 0.1) is 6.04 Å². The molecular weight excluding hydrogens is 232 g/mol. The zero-order valence-electron chi connectivity index (χ0n) is 9.74. The fourth-order valence-electron chi connectivity index (χ4n) is 1.52. The Morgan fingerprint density at radius 2 is 2.11 bits per heavy atom. The van der Waals surface area contributed by atoms with E-state index in [4.69, 9.17) is 5.11 Å². The van der Waals surface area contributed by atoms with Crippen molar-refractivity contribution in [3.8, 4) is 0 Å². The van der Waals surface area contributed by atoms with E-state index in [-0.39, 0.29) is 17.6 Å². The zero-order valence-corrected chi connectivity index (χ0v) is 9.74. The zero-order chi connectivity index (χ0) is 13.0. The number of hydrogen-bond donors (Lipinski definition) is 2. The number of nitrogens with one attached hydrogen (secondary N) is 1. The maximum Gasteiger partial charge on any atom is 0.358 e. The largest absolute Gasteiger partial charge is 0.476 e. The Bertz CT molecular complexity index is 545. The van der Waals surface area contributed by atoms with E-state index in [1.54, 1.807) is 12.4 Å². The summed E-state index contributed by atoms with van der Waals surface area (Å²) in [7, 11) is 0. The lowest BCUT2D eigenvalue weighted by atomic mass is 10.1. The fraction of sp³-hybridized carbons (Fsp3) is 0.167. The molecule has 0 amide bonds. The van der Waals surface area contributed by atoms with Crippen molar-refractivity contribution in [3.63, 3.8) is 0 Å². The summed E-state index contributed by atoms with van der Waals surface area (Å²) in [4.78, 5) is 22.8. The summed E-state index contributed by atoms with van der Waals surface area (Å²) in [5.41, 5.74) is 0.854. The number of carbonyl (C=O) groups is 1. The topological polar surface area (TPSA) is 88.0 Å². The number of carboxylic acids is 1. The highest BCUT2D eigenvalue weighted by Crippen LogP contribution is 2.18. The predicted octanol–water partition coefficient (Wildman–Crippen LogP) is 1.74. The second-order valence-electron chi connectivity index (χ2n) is 3.71. The van der Waals surface area contributed by atoms with Crippen LogP contribution in [-0.4, -0.2) is 26.0 Å². The van der Waals surface area contributed by atoms with Gasteiger partial charge in [-0.15, -0.1) is 0 Å². The van der Waals surface area contributed by atoms with Crippen LogP contribution >= 0.6 is 0 Å². The van der Waals surface area contributed by atoms with E-state index in [9.17, 15) is 4.79 Å². The highest BCUT2D eigenvalue weighted by atomic mass is 16.4. The van der Waals surface area contributed by atoms with Gasteiger partial charge in [0.25, 0.3) is 0 Å². The van der Waals surface area contributed by atoms with Gasteiger partial charge in [-0.3, -0.25) is 4.98 Å². The Balaban J connectivity index is 2.22. The molecule has 0 spiro atoms. The van der Waals surface area contributed by atoms with Crippen molar-refractivity contribution in [3.05, 3.63) is 48.2 Å². The molecule has 0 fully saturated rings. The molecule has 18 heavy (non-hydrogen) atoms. The lowest BCUT2D eigenvalue weighted by Gasteiger charge is -2.15. The third-order valence-corrected chi connectivity index (χ3v) is 2.44. The number of nitrogens with zero attached hydrogens (tertiary/aromatic N) is 3. The second-order valence-corrected chi connectivity index (χ2v) is 3.71. The van der Waals surface area contributed by atoms with E-state index in [0.717, 1.165) is 5.56 Å². The van der Waals surface area contributed by atoms with Crippen LogP contribution in [0, 0.1) is 0 Å². The summed E-state index contributed by atoms with van der Waals surface area (Å²) in [5.74, 6) is -0.856. The minimum Gasteiger partial charge on any atom is -0.476 e. The molecule has 2 N–H and O–H groups in total. The molecule has 0 aromatic carbocycles. The quantitative estimate of drug-likeness (QED) is 0.851. The Morgan fingerprint density at radius 1 is 1.33 bits per heavy atom. The second kappa shape index (κ2) is 5.22. The summed E-state index contributed by atoms with van der Waals surface area (Å²) < 4.78 is 0. The molecule has 1 unspecified atom stereocenters. The number of pyridine rings is 1. The van der Waals surface area contributed by atoms with E-state index in [1.807, 2.05) is 19.1 Å². The molecule has 6 heteroatoms. The van der Waals surface area contributed by atoms with Crippen molar-refractivity contribution in [2.75, 3.05) is 5.32 Å². The summed E-state index contributed by atoms with van der Waals surface area (Å²) in [6.07, 6.45) is 6.20. The van der Waals surface area contributed by atoms with Gasteiger partial charge < -0.3 is 10.4 Å². The third kappa shape index (κ3) is 2.60. The van der Waals surface area contributed by atoms with Crippen LogP contribution in [0.1, 0.15) is 29.0 Å². The minimum absolute atomic E-state index is 0.0896. The predicted molar refractivity (Wildman–Crippen MR) is 65.3 cm³/mol. The molecule has 6 nitrogen and oxygen atoms in total. The molecule has 0 saturated carbocycles. The molecule has 0 saturated heterocycles. The Kier molecular flexibility index (Phi) is 3.47. The number of carboxylic acid groups (broad SMARTS) is 1. The van der Waals surface area contributed by atoms with Gasteiger partial charge >= 0.3 is 5.97 Å². The average molecular weight is 244 g/mol. The molecule has 2 aromatic rings. The Hall–Kier alpha value is -2.50. The van der Waals surface area contributed by atoms with E-state index >= 15 is 0 Å². The van der Waals surface area contributed by atoms with E-state index in [1.165, 1.54) is 12.4 Å². The molecule has 2 aromatic heterocycles. The highest BCUT2D eigenvalue weighted by molar-refractivity contribution is 5.90. The van der Waals surface area contributed by atoms with Gasteiger partial charge in [0.1, 0.15) is 0 Å². The van der Waals surface area contributed by atoms with Gasteiger partial charge in [0, 0.05) is 24.8 Å². The third-order valence-electron chi connectivity index (χ3n) is 2.44. The number of anilines is 1. The first-order valence-corrected chi connectivity index (χ1v) is 5.39. The van der Waals surface area contributed by atoms with Crippen LogP contribution in [-0.2, 0) is 0 Å². The van der Waals surface area contributed by atoms with Gasteiger partial charge in [-0.05, 0) is 18.6 Å². The van der Waals surface area contributed by atoms with Crippen molar-refractivity contribution >= 4 is 11.8 Å². The van der Waals surface area contributed by atoms with Crippen molar-refractivity contribution in [2.45, 2.75) is 13.0 Å². The van der Waals surface area contributed by atoms with Crippen LogP contribution in [0.4, 0.5) is 5.82 Å². The molecule has 0 radical (unpaired) electrons. The first-order valence-electron chi connectivity index (χ1n) is 5.39. The van der Waals surface area contributed by atoms with Gasteiger partial charge in [-0.1, -0.05) is 6.07 Å². The highest BCUT2D eigenvalue weighted by Gasteiger charge is 2.15. The van der Waals surface area contributed by atoms with Gasteiger partial charge in [0.2, 0.25) is 0 Å².